The number of aryl methyl sites for hydroxylation is 1. The number of ether oxygens (including phenoxy) is 2. The van der Waals surface area contributed by atoms with Crippen LogP contribution in [0.15, 0.2) is 18.2 Å². The number of carbonyl (C=O) groups is 2. The summed E-state index contributed by atoms with van der Waals surface area (Å²) < 4.78 is 9.83. The fraction of sp³-hybridized carbons (Fsp3) is 0.500. The van der Waals surface area contributed by atoms with Crippen molar-refractivity contribution in [2.75, 3.05) is 14.2 Å². The third kappa shape index (κ3) is 4.04. The number of hydrogen-bond donors (Lipinski definition) is 1. The maximum Gasteiger partial charge on any atom is 0.307 e. The maximum absolute atomic E-state index is 12.7. The van der Waals surface area contributed by atoms with Crippen LogP contribution in [0.25, 0.3) is 0 Å². The lowest BCUT2D eigenvalue weighted by Gasteiger charge is -2.17. The van der Waals surface area contributed by atoms with Crippen molar-refractivity contribution in [2.24, 2.45) is 0 Å². The summed E-state index contributed by atoms with van der Waals surface area (Å²) >= 11 is 0. The van der Waals surface area contributed by atoms with Crippen molar-refractivity contribution in [3.63, 3.8) is 0 Å². The lowest BCUT2D eigenvalue weighted by Crippen LogP contribution is -2.40. The highest BCUT2D eigenvalue weighted by Gasteiger charge is 2.31. The van der Waals surface area contributed by atoms with Crippen LogP contribution < -0.4 is 10.1 Å². The van der Waals surface area contributed by atoms with Crippen molar-refractivity contribution in [2.45, 2.75) is 38.3 Å². The minimum atomic E-state index is -0.531. The summed E-state index contributed by atoms with van der Waals surface area (Å²) in [6.07, 6.45) is 2.15. The van der Waals surface area contributed by atoms with Gasteiger partial charge in [0.15, 0.2) is 5.78 Å². The summed E-state index contributed by atoms with van der Waals surface area (Å²) in [5.74, 6) is 0.254. The normalized spacial score (nSPS) is 15.4. The van der Waals surface area contributed by atoms with Crippen LogP contribution in [0.4, 0.5) is 0 Å². The second kappa shape index (κ2) is 6.72. The van der Waals surface area contributed by atoms with Crippen LogP contribution in [-0.2, 0) is 9.53 Å². The molecule has 0 saturated heterocycles. The maximum atomic E-state index is 12.7. The van der Waals surface area contributed by atoms with E-state index in [4.69, 9.17) is 4.74 Å². The van der Waals surface area contributed by atoms with Crippen LogP contribution in [0, 0.1) is 6.92 Å². The molecule has 2 rings (SSSR count). The standard InChI is InChI=1S/C16H21NO4/c1-10-8-12(20-2)6-7-13(10)16(19)14(9-15(18)21-3)17-11-4-5-11/h6-8,11,14,17H,4-5,9H2,1-3H3. The van der Waals surface area contributed by atoms with Crippen molar-refractivity contribution < 1.29 is 19.1 Å². The largest absolute Gasteiger partial charge is 0.497 e. The van der Waals surface area contributed by atoms with E-state index in [1.807, 2.05) is 13.0 Å². The van der Waals surface area contributed by atoms with Gasteiger partial charge in [-0.05, 0) is 43.5 Å². The van der Waals surface area contributed by atoms with Gasteiger partial charge in [0.2, 0.25) is 0 Å². The van der Waals surface area contributed by atoms with E-state index >= 15 is 0 Å². The number of nitrogens with one attached hydrogen (secondary N) is 1. The number of carbonyl (C=O) groups excluding carboxylic acids is 2. The molecule has 1 fully saturated rings. The van der Waals surface area contributed by atoms with Crippen molar-refractivity contribution >= 4 is 11.8 Å². The summed E-state index contributed by atoms with van der Waals surface area (Å²) in [5.41, 5.74) is 1.45. The molecule has 114 valence electrons. The third-order valence-electron chi connectivity index (χ3n) is 3.63. The van der Waals surface area contributed by atoms with E-state index in [1.54, 1.807) is 19.2 Å². The molecule has 1 unspecified atom stereocenters. The minimum Gasteiger partial charge on any atom is -0.497 e. The Bertz CT molecular complexity index is 537. The predicted molar refractivity (Wildman–Crippen MR) is 78.6 cm³/mol. The predicted octanol–water partition coefficient (Wildman–Crippen LogP) is 1.87. The van der Waals surface area contributed by atoms with Crippen LogP contribution in [-0.4, -0.2) is 38.1 Å². The molecule has 21 heavy (non-hydrogen) atoms. The molecule has 0 aliphatic heterocycles. The zero-order valence-corrected chi connectivity index (χ0v) is 12.6. The molecule has 0 bridgehead atoms. The van der Waals surface area contributed by atoms with Crippen LogP contribution >= 0.6 is 0 Å². The summed E-state index contributed by atoms with van der Waals surface area (Å²) in [7, 11) is 2.92. The molecule has 1 aliphatic carbocycles. The Labute approximate surface area is 124 Å². The van der Waals surface area contributed by atoms with Crippen LogP contribution in [0.1, 0.15) is 35.2 Å². The topological polar surface area (TPSA) is 64.6 Å². The summed E-state index contributed by atoms with van der Waals surface area (Å²) in [6.45, 7) is 1.86. The third-order valence-corrected chi connectivity index (χ3v) is 3.63. The number of benzene rings is 1. The number of esters is 1. The first-order valence-corrected chi connectivity index (χ1v) is 7.07. The molecule has 5 heteroatoms. The average Bonchev–Trinajstić information content (AvgIpc) is 3.29. The van der Waals surface area contributed by atoms with Crippen molar-refractivity contribution in [3.8, 4) is 5.75 Å². The average molecular weight is 291 g/mol. The Morgan fingerprint density at radius 3 is 2.57 bits per heavy atom. The lowest BCUT2D eigenvalue weighted by molar-refractivity contribution is -0.140. The number of rotatable bonds is 7. The molecule has 0 amide bonds. The number of methoxy groups -OCH3 is 2. The first-order valence-electron chi connectivity index (χ1n) is 7.07. The molecule has 1 saturated carbocycles. The highest BCUT2D eigenvalue weighted by atomic mass is 16.5. The van der Waals surface area contributed by atoms with Gasteiger partial charge in [-0.3, -0.25) is 9.59 Å². The second-order valence-corrected chi connectivity index (χ2v) is 5.32. The Balaban J connectivity index is 2.17. The van der Waals surface area contributed by atoms with E-state index < -0.39 is 6.04 Å². The molecule has 1 N–H and O–H groups in total. The van der Waals surface area contributed by atoms with Gasteiger partial charge in [-0.15, -0.1) is 0 Å². The van der Waals surface area contributed by atoms with Crippen molar-refractivity contribution in [1.29, 1.82) is 0 Å². The SMILES string of the molecule is COC(=O)CC(NC1CC1)C(=O)c1ccc(OC)cc1C. The molecule has 1 atom stereocenters. The van der Waals surface area contributed by atoms with Gasteiger partial charge in [0.05, 0.1) is 26.7 Å². The first kappa shape index (κ1) is 15.5. The Morgan fingerprint density at radius 1 is 1.33 bits per heavy atom. The highest BCUT2D eigenvalue weighted by molar-refractivity contribution is 6.03. The minimum absolute atomic E-state index is 0.0529. The molecule has 0 radical (unpaired) electrons. The summed E-state index contributed by atoms with van der Waals surface area (Å²) in [4.78, 5) is 24.2. The number of hydrogen-bond acceptors (Lipinski definition) is 5. The summed E-state index contributed by atoms with van der Waals surface area (Å²) in [5, 5.41) is 3.23. The quantitative estimate of drug-likeness (QED) is 0.614. The lowest BCUT2D eigenvalue weighted by atomic mass is 9.97. The second-order valence-electron chi connectivity index (χ2n) is 5.32. The molecule has 1 aromatic carbocycles. The molecule has 0 aromatic heterocycles. The van der Waals surface area contributed by atoms with E-state index in [0.717, 1.165) is 18.4 Å². The van der Waals surface area contributed by atoms with E-state index in [0.29, 0.717) is 17.4 Å². The van der Waals surface area contributed by atoms with Gasteiger partial charge in [0.25, 0.3) is 0 Å². The molecular formula is C16H21NO4. The Kier molecular flexibility index (Phi) is 4.96. The van der Waals surface area contributed by atoms with Crippen LogP contribution in [0.5, 0.6) is 5.75 Å². The van der Waals surface area contributed by atoms with E-state index in [-0.39, 0.29) is 18.2 Å². The molecule has 1 aliphatic rings. The monoisotopic (exact) mass is 291 g/mol. The van der Waals surface area contributed by atoms with Crippen LogP contribution in [0.2, 0.25) is 0 Å². The van der Waals surface area contributed by atoms with Crippen molar-refractivity contribution in [3.05, 3.63) is 29.3 Å². The smallest absolute Gasteiger partial charge is 0.307 e. The zero-order valence-electron chi connectivity index (χ0n) is 12.6. The van der Waals surface area contributed by atoms with Gasteiger partial charge in [0.1, 0.15) is 5.75 Å². The van der Waals surface area contributed by atoms with Gasteiger partial charge in [0, 0.05) is 11.6 Å². The van der Waals surface area contributed by atoms with Gasteiger partial charge >= 0.3 is 5.97 Å². The molecule has 1 aromatic rings. The summed E-state index contributed by atoms with van der Waals surface area (Å²) in [6, 6.07) is 5.13. The van der Waals surface area contributed by atoms with E-state index in [1.165, 1.54) is 7.11 Å². The van der Waals surface area contributed by atoms with Crippen molar-refractivity contribution in [1.82, 2.24) is 5.32 Å². The first-order chi connectivity index (χ1) is 10.0. The fourth-order valence-electron chi connectivity index (χ4n) is 2.24. The Hall–Kier alpha value is -1.88. The van der Waals surface area contributed by atoms with E-state index in [9.17, 15) is 9.59 Å². The number of Topliss-reactive ketones (excluding diaryl/α,β-unsaturated/α-hetero) is 1. The zero-order chi connectivity index (χ0) is 15.4. The molecule has 0 spiro atoms. The molecule has 5 nitrogen and oxygen atoms in total. The molecule has 0 heterocycles. The van der Waals surface area contributed by atoms with Gasteiger partial charge in [-0.2, -0.15) is 0 Å². The van der Waals surface area contributed by atoms with E-state index in [2.05, 4.69) is 10.1 Å². The van der Waals surface area contributed by atoms with Crippen LogP contribution in [0.3, 0.4) is 0 Å². The highest BCUT2D eigenvalue weighted by Crippen LogP contribution is 2.23. The number of ketones is 1. The van der Waals surface area contributed by atoms with Gasteiger partial charge in [-0.1, -0.05) is 0 Å². The fourth-order valence-corrected chi connectivity index (χ4v) is 2.24. The van der Waals surface area contributed by atoms with Gasteiger partial charge in [-0.25, -0.2) is 0 Å². The Morgan fingerprint density at radius 2 is 2.05 bits per heavy atom. The van der Waals surface area contributed by atoms with Gasteiger partial charge < -0.3 is 14.8 Å². The molecular weight excluding hydrogens is 270 g/mol.